The van der Waals surface area contributed by atoms with E-state index in [0.717, 1.165) is 24.9 Å². The molecule has 3 aromatic rings. The summed E-state index contributed by atoms with van der Waals surface area (Å²) < 4.78 is 0. The van der Waals surface area contributed by atoms with Crippen LogP contribution in [0.1, 0.15) is 50.9 Å². The first kappa shape index (κ1) is 24.6. The molecule has 0 unspecified atom stereocenters. The number of nitrogens with one attached hydrogen (secondary N) is 2. The van der Waals surface area contributed by atoms with Crippen molar-refractivity contribution >= 4 is 34.2 Å². The minimum Gasteiger partial charge on any atom is -0.351 e. The Balaban J connectivity index is 1.44. The van der Waals surface area contributed by atoms with E-state index in [4.69, 9.17) is 0 Å². The predicted molar refractivity (Wildman–Crippen MR) is 136 cm³/mol. The highest BCUT2D eigenvalue weighted by molar-refractivity contribution is 7.14. The van der Waals surface area contributed by atoms with Crippen molar-refractivity contribution in [2.24, 2.45) is 0 Å². The largest absolute Gasteiger partial charge is 0.351 e. The molecule has 1 aliphatic rings. The van der Waals surface area contributed by atoms with Gasteiger partial charge in [0.25, 0.3) is 17.7 Å². The molecule has 2 heterocycles. The molecule has 1 aromatic heterocycles. The number of carbonyl (C=O) groups excluding carboxylic acids is 3. The van der Waals surface area contributed by atoms with Gasteiger partial charge in [-0.15, -0.1) is 11.3 Å². The van der Waals surface area contributed by atoms with Crippen LogP contribution in [0, 0.1) is 0 Å². The molecule has 4 rings (SSSR count). The monoisotopic (exact) mass is 491 g/mol. The summed E-state index contributed by atoms with van der Waals surface area (Å²) in [5, 5.41) is 7.63. The van der Waals surface area contributed by atoms with Gasteiger partial charge in [0.05, 0.1) is 0 Å². The molecule has 0 saturated carbocycles. The highest BCUT2D eigenvalue weighted by Crippen LogP contribution is 2.32. The number of amides is 3. The molecule has 8 nitrogen and oxygen atoms in total. The van der Waals surface area contributed by atoms with Crippen LogP contribution in [-0.4, -0.2) is 59.7 Å². The van der Waals surface area contributed by atoms with Gasteiger partial charge in [0.15, 0.2) is 5.13 Å². The smallest absolute Gasteiger partial charge is 0.270 e. The molecule has 1 atom stereocenters. The number of benzene rings is 2. The molecule has 9 heteroatoms. The molecule has 0 radical (unpaired) electrons. The highest BCUT2D eigenvalue weighted by atomic mass is 32.1. The van der Waals surface area contributed by atoms with Crippen LogP contribution in [0.15, 0.2) is 60.0 Å². The lowest BCUT2D eigenvalue weighted by atomic mass is 10.0. The molecule has 1 aliphatic heterocycles. The minimum atomic E-state index is -0.825. The summed E-state index contributed by atoms with van der Waals surface area (Å²) in [6, 6.07) is 15.8. The van der Waals surface area contributed by atoms with Crippen molar-refractivity contribution in [2.45, 2.75) is 25.4 Å². The Kier molecular flexibility index (Phi) is 7.89. The van der Waals surface area contributed by atoms with Gasteiger partial charge in [0, 0.05) is 24.0 Å². The number of nitrogens with zero attached hydrogens (tertiary/aromatic N) is 3. The lowest BCUT2D eigenvalue weighted by Crippen LogP contribution is -2.37. The minimum absolute atomic E-state index is 0.182. The van der Waals surface area contributed by atoms with E-state index in [1.807, 2.05) is 62.6 Å². The zero-order valence-corrected chi connectivity index (χ0v) is 20.7. The fourth-order valence-corrected chi connectivity index (χ4v) is 4.74. The number of hydrogen-bond acceptors (Lipinski definition) is 6. The maximum Gasteiger partial charge on any atom is 0.270 e. The Bertz CT molecular complexity index is 1190. The molecule has 182 valence electrons. The van der Waals surface area contributed by atoms with Gasteiger partial charge in [-0.1, -0.05) is 48.5 Å². The zero-order valence-electron chi connectivity index (χ0n) is 19.9. The molecule has 2 N–H and O–H groups in total. The van der Waals surface area contributed by atoms with Crippen LogP contribution in [0.25, 0.3) is 0 Å². The van der Waals surface area contributed by atoms with Crippen LogP contribution in [0.4, 0.5) is 5.13 Å². The third kappa shape index (κ3) is 5.93. The quantitative estimate of drug-likeness (QED) is 0.423. The molecular formula is C26H29N5O3S. The number of rotatable bonds is 10. The van der Waals surface area contributed by atoms with Gasteiger partial charge in [0.1, 0.15) is 11.7 Å². The number of carbonyl (C=O) groups is 3. The Morgan fingerprint density at radius 2 is 1.83 bits per heavy atom. The predicted octanol–water partition coefficient (Wildman–Crippen LogP) is 3.55. The molecule has 35 heavy (non-hydrogen) atoms. The van der Waals surface area contributed by atoms with Crippen molar-refractivity contribution in [3.63, 3.8) is 0 Å². The summed E-state index contributed by atoms with van der Waals surface area (Å²) in [6.45, 7) is 1.89. The van der Waals surface area contributed by atoms with Gasteiger partial charge in [-0.05, 0) is 50.7 Å². The van der Waals surface area contributed by atoms with Gasteiger partial charge in [-0.25, -0.2) is 4.98 Å². The van der Waals surface area contributed by atoms with E-state index in [-0.39, 0.29) is 23.4 Å². The Hall–Kier alpha value is -3.56. The Morgan fingerprint density at radius 3 is 2.57 bits per heavy atom. The molecule has 0 fully saturated rings. The first-order chi connectivity index (χ1) is 16.9. The third-order valence-corrected chi connectivity index (χ3v) is 6.57. The average molecular weight is 492 g/mol. The maximum atomic E-state index is 13.4. The molecule has 0 spiro atoms. The topological polar surface area (TPSA) is 94.6 Å². The first-order valence-electron chi connectivity index (χ1n) is 11.6. The van der Waals surface area contributed by atoms with Gasteiger partial charge in [-0.3, -0.25) is 19.7 Å². The summed E-state index contributed by atoms with van der Waals surface area (Å²) in [7, 11) is 4.04. The van der Waals surface area contributed by atoms with E-state index < -0.39 is 6.04 Å². The molecule has 2 aromatic carbocycles. The van der Waals surface area contributed by atoms with Crippen LogP contribution < -0.4 is 10.6 Å². The average Bonchev–Trinajstić information content (AvgIpc) is 3.44. The van der Waals surface area contributed by atoms with Crippen LogP contribution in [0.3, 0.4) is 0 Å². The van der Waals surface area contributed by atoms with E-state index in [9.17, 15) is 14.4 Å². The van der Waals surface area contributed by atoms with Crippen molar-refractivity contribution < 1.29 is 14.4 Å². The fourth-order valence-electron chi connectivity index (χ4n) is 4.05. The van der Waals surface area contributed by atoms with Gasteiger partial charge in [0.2, 0.25) is 0 Å². The summed E-state index contributed by atoms with van der Waals surface area (Å²) in [5.41, 5.74) is 2.47. The van der Waals surface area contributed by atoms with Gasteiger partial charge in [-0.2, -0.15) is 0 Å². The molecule has 0 saturated heterocycles. The maximum absolute atomic E-state index is 13.4. The van der Waals surface area contributed by atoms with Crippen molar-refractivity contribution in [1.82, 2.24) is 20.1 Å². The molecule has 3 amide bonds. The summed E-state index contributed by atoms with van der Waals surface area (Å²) in [6.07, 6.45) is 1.87. The standard InChI is InChI=1S/C26H29N5O3S/c1-30(2)15-9-8-14-27-23(32)21-17-35-26(28-21)29-24(33)22(18-10-4-3-5-11-18)31-16-19-12-6-7-13-20(19)25(31)34/h3-7,10-13,17,22H,8-9,14-16H2,1-2H3,(H,27,32)(H,28,29,33)/t22-/m1/s1. The number of hydrogen-bond donors (Lipinski definition) is 2. The third-order valence-electron chi connectivity index (χ3n) is 5.81. The molecule has 0 aliphatic carbocycles. The number of aromatic nitrogens is 1. The van der Waals surface area contributed by atoms with Crippen LogP contribution in [-0.2, 0) is 11.3 Å². The second kappa shape index (κ2) is 11.2. The highest BCUT2D eigenvalue weighted by Gasteiger charge is 2.37. The summed E-state index contributed by atoms with van der Waals surface area (Å²) in [5.74, 6) is -0.822. The second-order valence-corrected chi connectivity index (χ2v) is 9.55. The van der Waals surface area contributed by atoms with E-state index in [1.165, 1.54) is 11.3 Å². The molecule has 0 bridgehead atoms. The van der Waals surface area contributed by atoms with Crippen molar-refractivity contribution in [1.29, 1.82) is 0 Å². The van der Waals surface area contributed by atoms with E-state index in [0.29, 0.717) is 29.3 Å². The number of thiazole rings is 1. The Labute approximate surface area is 209 Å². The van der Waals surface area contributed by atoms with E-state index in [2.05, 4.69) is 20.5 Å². The number of unbranched alkanes of at least 4 members (excludes halogenated alkanes) is 1. The van der Waals surface area contributed by atoms with Gasteiger partial charge < -0.3 is 15.1 Å². The summed E-state index contributed by atoms with van der Waals surface area (Å²) in [4.78, 5) is 47.0. The van der Waals surface area contributed by atoms with Crippen LogP contribution >= 0.6 is 11.3 Å². The lowest BCUT2D eigenvalue weighted by Gasteiger charge is -2.27. The normalized spacial score (nSPS) is 13.6. The Morgan fingerprint density at radius 1 is 1.09 bits per heavy atom. The van der Waals surface area contributed by atoms with Crippen molar-refractivity contribution in [3.05, 3.63) is 82.4 Å². The van der Waals surface area contributed by atoms with Crippen molar-refractivity contribution in [3.8, 4) is 0 Å². The van der Waals surface area contributed by atoms with Crippen LogP contribution in [0.2, 0.25) is 0 Å². The van der Waals surface area contributed by atoms with Gasteiger partial charge >= 0.3 is 0 Å². The zero-order chi connectivity index (χ0) is 24.8. The van der Waals surface area contributed by atoms with E-state index >= 15 is 0 Å². The SMILES string of the molecule is CN(C)CCCCNC(=O)c1csc(NC(=O)[C@@H](c2ccccc2)N2Cc3ccccc3C2=O)n1. The summed E-state index contributed by atoms with van der Waals surface area (Å²) >= 11 is 1.18. The van der Waals surface area contributed by atoms with E-state index in [1.54, 1.807) is 16.3 Å². The van der Waals surface area contributed by atoms with Crippen molar-refractivity contribution in [2.75, 3.05) is 32.5 Å². The first-order valence-corrected chi connectivity index (χ1v) is 12.4. The fraction of sp³-hybridized carbons (Fsp3) is 0.308. The lowest BCUT2D eigenvalue weighted by molar-refractivity contribution is -0.120. The number of anilines is 1. The molecular weight excluding hydrogens is 462 g/mol. The number of fused-ring (bicyclic) bond motifs is 1. The second-order valence-electron chi connectivity index (χ2n) is 8.70. The van der Waals surface area contributed by atoms with Crippen LogP contribution in [0.5, 0.6) is 0 Å².